The van der Waals surface area contributed by atoms with Gasteiger partial charge in [0.2, 0.25) is 0 Å². The topological polar surface area (TPSA) is 26.7 Å². The predicted molar refractivity (Wildman–Crippen MR) is 61.6 cm³/mol. The summed E-state index contributed by atoms with van der Waals surface area (Å²) in [7, 11) is 2.12. The van der Waals surface area contributed by atoms with Crippen molar-refractivity contribution in [1.82, 2.24) is 9.80 Å². The van der Waals surface area contributed by atoms with Gasteiger partial charge in [0.15, 0.2) is 0 Å². The van der Waals surface area contributed by atoms with Gasteiger partial charge in [0.1, 0.15) is 0 Å². The predicted octanol–water partition coefficient (Wildman–Crippen LogP) is 1.03. The number of rotatable bonds is 6. The number of aliphatic hydroxyl groups is 1. The molecule has 0 spiro atoms. The molecule has 0 saturated heterocycles. The maximum atomic E-state index is 8.97. The minimum atomic E-state index is 0.150. The highest BCUT2D eigenvalue weighted by molar-refractivity contribution is 4.76. The molecule has 0 saturated carbocycles. The van der Waals surface area contributed by atoms with Crippen molar-refractivity contribution in [3.05, 3.63) is 0 Å². The number of hydrogen-bond acceptors (Lipinski definition) is 3. The highest BCUT2D eigenvalue weighted by atomic mass is 16.3. The van der Waals surface area contributed by atoms with Crippen LogP contribution in [-0.4, -0.2) is 60.3 Å². The zero-order valence-corrected chi connectivity index (χ0v) is 10.4. The van der Waals surface area contributed by atoms with Crippen molar-refractivity contribution in [2.75, 3.05) is 39.8 Å². The zero-order chi connectivity index (χ0) is 11.2. The summed E-state index contributed by atoms with van der Waals surface area (Å²) in [5.74, 6) is 0. The lowest BCUT2D eigenvalue weighted by Crippen LogP contribution is -2.46. The minimum Gasteiger partial charge on any atom is -0.395 e. The largest absolute Gasteiger partial charge is 0.395 e. The molecule has 0 heterocycles. The molecule has 0 aliphatic rings. The maximum absolute atomic E-state index is 8.97. The molecule has 3 heteroatoms. The second kappa shape index (κ2) is 6.38. The van der Waals surface area contributed by atoms with Gasteiger partial charge in [-0.15, -0.1) is 0 Å². The average molecular weight is 202 g/mol. The summed E-state index contributed by atoms with van der Waals surface area (Å²) in [6, 6.07) is 0. The van der Waals surface area contributed by atoms with Crippen molar-refractivity contribution in [1.29, 1.82) is 0 Å². The normalized spacial score (nSPS) is 12.9. The second-order valence-corrected chi connectivity index (χ2v) is 4.78. The van der Waals surface area contributed by atoms with E-state index in [0.29, 0.717) is 0 Å². The summed E-state index contributed by atoms with van der Waals surface area (Å²) < 4.78 is 0. The Labute approximate surface area is 88.7 Å². The van der Waals surface area contributed by atoms with Crippen molar-refractivity contribution in [2.45, 2.75) is 33.2 Å². The van der Waals surface area contributed by atoms with Gasteiger partial charge in [0.05, 0.1) is 6.61 Å². The molecule has 0 rings (SSSR count). The van der Waals surface area contributed by atoms with Gasteiger partial charge in [-0.25, -0.2) is 0 Å². The van der Waals surface area contributed by atoms with Gasteiger partial charge < -0.3 is 10.0 Å². The molecule has 3 nitrogen and oxygen atoms in total. The number of likely N-dealkylation sites (N-methyl/N-ethyl adjacent to an activating group) is 1. The average Bonchev–Trinajstić information content (AvgIpc) is 2.09. The Hall–Kier alpha value is -0.120. The van der Waals surface area contributed by atoms with Crippen LogP contribution < -0.4 is 0 Å². The Morgan fingerprint density at radius 2 is 1.64 bits per heavy atom. The van der Waals surface area contributed by atoms with Crippen LogP contribution in [0, 0.1) is 0 Å². The molecule has 0 aromatic carbocycles. The van der Waals surface area contributed by atoms with Gasteiger partial charge in [-0.2, -0.15) is 0 Å². The lowest BCUT2D eigenvalue weighted by molar-refractivity contribution is 0.0956. The fourth-order valence-electron chi connectivity index (χ4n) is 1.35. The molecular formula is C11H26N2O. The van der Waals surface area contributed by atoms with Crippen LogP contribution in [-0.2, 0) is 0 Å². The van der Waals surface area contributed by atoms with E-state index in [2.05, 4.69) is 44.5 Å². The molecule has 86 valence electrons. The Bertz CT molecular complexity index is 143. The summed E-state index contributed by atoms with van der Waals surface area (Å²) in [6.45, 7) is 12.9. The lowest BCUT2D eigenvalue weighted by atomic mass is 10.1. The van der Waals surface area contributed by atoms with E-state index >= 15 is 0 Å². The fraction of sp³-hybridized carbons (Fsp3) is 1.00. The summed E-state index contributed by atoms with van der Waals surface area (Å²) >= 11 is 0. The van der Waals surface area contributed by atoms with Gasteiger partial charge in [-0.3, -0.25) is 4.90 Å². The van der Waals surface area contributed by atoms with Crippen molar-refractivity contribution in [2.24, 2.45) is 0 Å². The standard InChI is InChI=1S/C11H26N2O/c1-6-12(5)7-8-13(9-10-14)11(2,3)4/h14H,6-10H2,1-5H3. The number of aliphatic hydroxyl groups excluding tert-OH is 1. The van der Waals surface area contributed by atoms with E-state index < -0.39 is 0 Å². The summed E-state index contributed by atoms with van der Waals surface area (Å²) in [5.41, 5.74) is 0.150. The Morgan fingerprint density at radius 1 is 1.07 bits per heavy atom. The summed E-state index contributed by atoms with van der Waals surface area (Å²) in [5, 5.41) is 8.97. The first-order valence-corrected chi connectivity index (χ1v) is 5.46. The third-order valence-electron chi connectivity index (χ3n) is 2.61. The molecule has 0 aliphatic heterocycles. The number of β-amino-alcohol motifs (C(OH)–C–C–N with tert-alkyl or cyclic N) is 1. The molecule has 14 heavy (non-hydrogen) atoms. The molecule has 0 aromatic heterocycles. The smallest absolute Gasteiger partial charge is 0.0558 e. The van der Waals surface area contributed by atoms with Crippen LogP contribution in [0.15, 0.2) is 0 Å². The summed E-state index contributed by atoms with van der Waals surface area (Å²) in [6.07, 6.45) is 0. The monoisotopic (exact) mass is 202 g/mol. The first-order chi connectivity index (χ1) is 6.41. The van der Waals surface area contributed by atoms with Crippen LogP contribution >= 0.6 is 0 Å². The Balaban J connectivity index is 3.98. The molecule has 0 aromatic rings. The van der Waals surface area contributed by atoms with Crippen molar-refractivity contribution in [3.63, 3.8) is 0 Å². The number of nitrogens with zero attached hydrogens (tertiary/aromatic N) is 2. The highest BCUT2D eigenvalue weighted by Gasteiger charge is 2.20. The van der Waals surface area contributed by atoms with E-state index in [1.807, 2.05) is 0 Å². The zero-order valence-electron chi connectivity index (χ0n) is 10.4. The molecule has 1 N–H and O–H groups in total. The minimum absolute atomic E-state index is 0.150. The van der Waals surface area contributed by atoms with Gasteiger partial charge >= 0.3 is 0 Å². The maximum Gasteiger partial charge on any atom is 0.0558 e. The SMILES string of the molecule is CCN(C)CCN(CCO)C(C)(C)C. The van der Waals surface area contributed by atoms with E-state index in [-0.39, 0.29) is 12.1 Å². The Morgan fingerprint density at radius 3 is 2.00 bits per heavy atom. The molecular weight excluding hydrogens is 176 g/mol. The van der Waals surface area contributed by atoms with Crippen LogP contribution in [0.2, 0.25) is 0 Å². The van der Waals surface area contributed by atoms with Crippen LogP contribution in [0.25, 0.3) is 0 Å². The second-order valence-electron chi connectivity index (χ2n) is 4.78. The van der Waals surface area contributed by atoms with Gasteiger partial charge in [-0.05, 0) is 34.4 Å². The van der Waals surface area contributed by atoms with Crippen LogP contribution in [0.5, 0.6) is 0 Å². The first kappa shape index (κ1) is 13.9. The van der Waals surface area contributed by atoms with Crippen molar-refractivity contribution in [3.8, 4) is 0 Å². The van der Waals surface area contributed by atoms with E-state index in [1.54, 1.807) is 0 Å². The lowest BCUT2D eigenvalue weighted by Gasteiger charge is -2.36. The molecule has 0 bridgehead atoms. The molecule has 0 amide bonds. The van der Waals surface area contributed by atoms with E-state index in [0.717, 1.165) is 26.2 Å². The molecule has 0 aliphatic carbocycles. The van der Waals surface area contributed by atoms with E-state index in [4.69, 9.17) is 5.11 Å². The van der Waals surface area contributed by atoms with E-state index in [9.17, 15) is 0 Å². The molecule has 0 atom stereocenters. The van der Waals surface area contributed by atoms with Gasteiger partial charge in [0, 0.05) is 25.2 Å². The quantitative estimate of drug-likeness (QED) is 0.697. The third kappa shape index (κ3) is 5.58. The van der Waals surface area contributed by atoms with Crippen LogP contribution in [0.4, 0.5) is 0 Å². The van der Waals surface area contributed by atoms with E-state index in [1.165, 1.54) is 0 Å². The fourth-order valence-corrected chi connectivity index (χ4v) is 1.35. The highest BCUT2D eigenvalue weighted by Crippen LogP contribution is 2.11. The molecule has 0 radical (unpaired) electrons. The van der Waals surface area contributed by atoms with Crippen LogP contribution in [0.1, 0.15) is 27.7 Å². The third-order valence-corrected chi connectivity index (χ3v) is 2.61. The number of hydrogen-bond donors (Lipinski definition) is 1. The Kier molecular flexibility index (Phi) is 6.33. The summed E-state index contributed by atoms with van der Waals surface area (Å²) in [4.78, 5) is 4.61. The van der Waals surface area contributed by atoms with Crippen molar-refractivity contribution < 1.29 is 5.11 Å². The first-order valence-electron chi connectivity index (χ1n) is 5.46. The van der Waals surface area contributed by atoms with Crippen molar-refractivity contribution >= 4 is 0 Å². The van der Waals surface area contributed by atoms with Gasteiger partial charge in [-0.1, -0.05) is 6.92 Å². The van der Waals surface area contributed by atoms with Gasteiger partial charge in [0.25, 0.3) is 0 Å². The van der Waals surface area contributed by atoms with Crippen LogP contribution in [0.3, 0.4) is 0 Å². The molecule has 0 fully saturated rings. The molecule has 0 unspecified atom stereocenters.